The van der Waals surface area contributed by atoms with E-state index in [0.29, 0.717) is 33.8 Å². The lowest BCUT2D eigenvalue weighted by Gasteiger charge is -2.09. The van der Waals surface area contributed by atoms with E-state index in [-0.39, 0.29) is 0 Å². The number of ether oxygens (including phenoxy) is 1. The number of para-hydroxylation sites is 1. The summed E-state index contributed by atoms with van der Waals surface area (Å²) in [5, 5.41) is 7.24. The number of aromatic nitrogens is 1. The summed E-state index contributed by atoms with van der Waals surface area (Å²) in [6.07, 6.45) is 0. The van der Waals surface area contributed by atoms with Crippen LogP contribution in [0.25, 0.3) is 10.2 Å². The van der Waals surface area contributed by atoms with Crippen LogP contribution in [-0.2, 0) is 6.61 Å². The number of amides is 2. The molecule has 0 saturated carbocycles. The quantitative estimate of drug-likeness (QED) is 0.355. The van der Waals surface area contributed by atoms with Crippen LogP contribution in [0.5, 0.6) is 5.75 Å². The summed E-state index contributed by atoms with van der Waals surface area (Å²) in [5.41, 5.74) is 2.11. The summed E-state index contributed by atoms with van der Waals surface area (Å²) in [6.45, 7) is 0.391. The maximum atomic E-state index is 12.1. The van der Waals surface area contributed by atoms with Crippen LogP contribution >= 0.6 is 34.5 Å². The third-order valence-corrected chi connectivity index (χ3v) is 5.38. The molecule has 2 amide bonds. The third-order valence-electron chi connectivity index (χ3n) is 3.93. The van der Waals surface area contributed by atoms with Gasteiger partial charge in [0.2, 0.25) is 0 Å². The van der Waals surface area contributed by atoms with E-state index in [9.17, 15) is 4.79 Å². The van der Waals surface area contributed by atoms with Crippen molar-refractivity contribution in [3.8, 4) is 5.75 Å². The van der Waals surface area contributed by atoms with Crippen LogP contribution in [0.2, 0.25) is 10.0 Å². The fourth-order valence-electron chi connectivity index (χ4n) is 2.68. The number of fused-ring (bicyclic) bond motifs is 1. The monoisotopic (exact) mass is 443 g/mol. The van der Waals surface area contributed by atoms with E-state index in [0.717, 1.165) is 15.2 Å². The maximum Gasteiger partial charge on any atom is 0.323 e. The van der Waals surface area contributed by atoms with Crippen LogP contribution in [0.1, 0.15) is 5.01 Å². The number of benzene rings is 3. The van der Waals surface area contributed by atoms with Crippen LogP contribution in [0, 0.1) is 0 Å². The number of rotatable bonds is 5. The van der Waals surface area contributed by atoms with E-state index in [1.807, 2.05) is 24.3 Å². The lowest BCUT2D eigenvalue weighted by Crippen LogP contribution is -2.19. The Morgan fingerprint density at radius 3 is 2.34 bits per heavy atom. The first-order valence-electron chi connectivity index (χ1n) is 8.66. The fourth-order valence-corrected chi connectivity index (χ4v) is 4.09. The summed E-state index contributed by atoms with van der Waals surface area (Å²) in [4.78, 5) is 16.7. The molecule has 29 heavy (non-hydrogen) atoms. The van der Waals surface area contributed by atoms with Crippen LogP contribution in [0.4, 0.5) is 16.2 Å². The minimum atomic E-state index is -0.397. The Balaban J connectivity index is 1.33. The molecule has 4 rings (SSSR count). The predicted molar refractivity (Wildman–Crippen MR) is 119 cm³/mol. The minimum absolute atomic E-state index is 0.391. The second-order valence-corrected chi connectivity index (χ2v) is 8.11. The van der Waals surface area contributed by atoms with Crippen molar-refractivity contribution in [2.24, 2.45) is 0 Å². The molecule has 0 unspecified atom stereocenters. The number of thiazole rings is 1. The zero-order valence-electron chi connectivity index (χ0n) is 15.0. The zero-order chi connectivity index (χ0) is 20.2. The van der Waals surface area contributed by atoms with Gasteiger partial charge in [-0.1, -0.05) is 35.3 Å². The van der Waals surface area contributed by atoms with Crippen molar-refractivity contribution in [3.63, 3.8) is 0 Å². The number of anilines is 2. The number of hydrogen-bond acceptors (Lipinski definition) is 4. The molecule has 3 aromatic carbocycles. The standard InChI is InChI=1S/C21H15Cl2N3O2S/c22-13-9-14(23)11-16(10-13)25-21(27)24-15-5-7-17(8-6-15)28-12-20-26-18-3-1-2-4-19(18)29-20/h1-11H,12H2,(H2,24,25,27). The van der Waals surface area contributed by atoms with Gasteiger partial charge in [-0.2, -0.15) is 0 Å². The van der Waals surface area contributed by atoms with Gasteiger partial charge in [0, 0.05) is 21.4 Å². The summed E-state index contributed by atoms with van der Waals surface area (Å²) < 4.78 is 6.93. The zero-order valence-corrected chi connectivity index (χ0v) is 17.3. The molecule has 1 aromatic heterocycles. The van der Waals surface area contributed by atoms with Crippen molar-refractivity contribution in [1.82, 2.24) is 4.98 Å². The number of nitrogens with one attached hydrogen (secondary N) is 2. The lowest BCUT2D eigenvalue weighted by atomic mass is 10.3. The lowest BCUT2D eigenvalue weighted by molar-refractivity contribution is 0.262. The molecule has 4 aromatic rings. The number of hydrogen-bond donors (Lipinski definition) is 2. The Hall–Kier alpha value is -2.80. The van der Waals surface area contributed by atoms with E-state index in [1.165, 1.54) is 0 Å². The molecule has 8 heteroatoms. The van der Waals surface area contributed by atoms with Gasteiger partial charge in [0.1, 0.15) is 17.4 Å². The Morgan fingerprint density at radius 1 is 0.931 bits per heavy atom. The van der Waals surface area contributed by atoms with Gasteiger partial charge in [-0.25, -0.2) is 9.78 Å². The molecule has 0 aliphatic rings. The highest BCUT2D eigenvalue weighted by molar-refractivity contribution is 7.18. The number of carbonyl (C=O) groups is 1. The van der Waals surface area contributed by atoms with Crippen LogP contribution < -0.4 is 15.4 Å². The van der Waals surface area contributed by atoms with Gasteiger partial charge in [0.25, 0.3) is 0 Å². The second-order valence-electron chi connectivity index (χ2n) is 6.13. The largest absolute Gasteiger partial charge is 0.486 e. The molecule has 1 heterocycles. The number of urea groups is 1. The van der Waals surface area contributed by atoms with Gasteiger partial charge >= 0.3 is 6.03 Å². The van der Waals surface area contributed by atoms with Crippen molar-refractivity contribution in [3.05, 3.63) is 81.8 Å². The van der Waals surface area contributed by atoms with Gasteiger partial charge < -0.3 is 15.4 Å². The summed E-state index contributed by atoms with van der Waals surface area (Å²) in [6, 6.07) is 19.5. The van der Waals surface area contributed by atoms with Gasteiger partial charge in [0.05, 0.1) is 10.2 Å². The molecule has 0 radical (unpaired) electrons. The van der Waals surface area contributed by atoms with Crippen LogP contribution in [-0.4, -0.2) is 11.0 Å². The smallest absolute Gasteiger partial charge is 0.323 e. The predicted octanol–water partition coefficient (Wildman–Crippen LogP) is 6.83. The molecule has 0 spiro atoms. The summed E-state index contributed by atoms with van der Waals surface area (Å²) >= 11 is 13.5. The average molecular weight is 444 g/mol. The summed E-state index contributed by atoms with van der Waals surface area (Å²) in [7, 11) is 0. The van der Waals surface area contributed by atoms with E-state index in [2.05, 4.69) is 15.6 Å². The molecule has 5 nitrogen and oxygen atoms in total. The highest BCUT2D eigenvalue weighted by Gasteiger charge is 2.06. The first-order valence-corrected chi connectivity index (χ1v) is 10.2. The van der Waals surface area contributed by atoms with Crippen molar-refractivity contribution in [2.75, 3.05) is 10.6 Å². The van der Waals surface area contributed by atoms with Crippen molar-refractivity contribution < 1.29 is 9.53 Å². The van der Waals surface area contributed by atoms with Gasteiger partial charge in [-0.05, 0) is 54.6 Å². The average Bonchev–Trinajstić information content (AvgIpc) is 3.09. The molecule has 0 aliphatic heterocycles. The Kier molecular flexibility index (Phi) is 5.85. The molecule has 0 bridgehead atoms. The molecule has 146 valence electrons. The Morgan fingerprint density at radius 2 is 1.62 bits per heavy atom. The highest BCUT2D eigenvalue weighted by atomic mass is 35.5. The number of halogens is 2. The normalized spacial score (nSPS) is 10.7. The number of nitrogens with zero attached hydrogens (tertiary/aromatic N) is 1. The fraction of sp³-hybridized carbons (Fsp3) is 0.0476. The summed E-state index contributed by atoms with van der Waals surface area (Å²) in [5.74, 6) is 0.692. The highest BCUT2D eigenvalue weighted by Crippen LogP contribution is 2.24. The first kappa shape index (κ1) is 19.5. The topological polar surface area (TPSA) is 63.2 Å². The molecule has 0 aliphatic carbocycles. The molecule has 0 fully saturated rings. The van der Waals surface area contributed by atoms with Crippen molar-refractivity contribution >= 4 is 62.2 Å². The Bertz CT molecular complexity index is 1110. The van der Waals surface area contributed by atoms with E-state index >= 15 is 0 Å². The molecule has 2 N–H and O–H groups in total. The van der Waals surface area contributed by atoms with Crippen LogP contribution in [0.3, 0.4) is 0 Å². The van der Waals surface area contributed by atoms with Crippen molar-refractivity contribution in [1.29, 1.82) is 0 Å². The van der Waals surface area contributed by atoms with E-state index in [4.69, 9.17) is 27.9 Å². The molecular formula is C21H15Cl2N3O2S. The van der Waals surface area contributed by atoms with E-state index < -0.39 is 6.03 Å². The SMILES string of the molecule is O=C(Nc1ccc(OCc2nc3ccccc3s2)cc1)Nc1cc(Cl)cc(Cl)c1. The van der Waals surface area contributed by atoms with Gasteiger partial charge in [-0.15, -0.1) is 11.3 Å². The van der Waals surface area contributed by atoms with E-state index in [1.54, 1.807) is 53.8 Å². The van der Waals surface area contributed by atoms with Crippen molar-refractivity contribution in [2.45, 2.75) is 6.61 Å². The second kappa shape index (κ2) is 8.69. The van der Waals surface area contributed by atoms with Gasteiger partial charge in [-0.3, -0.25) is 0 Å². The Labute approximate surface area is 181 Å². The molecular weight excluding hydrogens is 429 g/mol. The molecule has 0 atom stereocenters. The maximum absolute atomic E-state index is 12.1. The number of carbonyl (C=O) groups excluding carboxylic acids is 1. The molecule has 0 saturated heterocycles. The first-order chi connectivity index (χ1) is 14.0. The van der Waals surface area contributed by atoms with Crippen LogP contribution in [0.15, 0.2) is 66.7 Å². The minimum Gasteiger partial charge on any atom is -0.486 e. The third kappa shape index (κ3) is 5.17. The van der Waals surface area contributed by atoms with Gasteiger partial charge in [0.15, 0.2) is 0 Å².